The number of hydrogen-bond acceptors (Lipinski definition) is 2. The van der Waals surface area contributed by atoms with Crippen molar-refractivity contribution in [1.29, 1.82) is 0 Å². The predicted molar refractivity (Wildman–Crippen MR) is 71.3 cm³/mol. The van der Waals surface area contributed by atoms with Gasteiger partial charge in [0.2, 0.25) is 0 Å². The first-order valence-corrected chi connectivity index (χ1v) is 5.01. The number of hydrogen-bond donors (Lipinski definition) is 1. The molecule has 0 aliphatic rings. The zero-order chi connectivity index (χ0) is 10.9. The van der Waals surface area contributed by atoms with E-state index in [1.807, 2.05) is 18.2 Å². The Kier molecular flexibility index (Phi) is 8.31. The van der Waals surface area contributed by atoms with Crippen LogP contribution in [0.15, 0.2) is 49.6 Å². The van der Waals surface area contributed by atoms with E-state index in [0.717, 1.165) is 18.8 Å². The number of rotatable bonds is 7. The molecule has 2 nitrogen and oxygen atoms in total. The molecule has 1 rings (SSSR count). The van der Waals surface area contributed by atoms with Crippen LogP contribution in [-0.4, -0.2) is 13.2 Å². The first-order chi connectivity index (χ1) is 7.36. The topological polar surface area (TPSA) is 21.3 Å². The monoisotopic (exact) mass is 239 g/mol. The lowest BCUT2D eigenvalue weighted by molar-refractivity contribution is 0.363. The minimum Gasteiger partial charge on any atom is -0.490 e. The fourth-order valence-corrected chi connectivity index (χ4v) is 1.18. The molecule has 0 saturated heterocycles. The maximum atomic E-state index is 5.38. The molecule has 88 valence electrons. The quantitative estimate of drug-likeness (QED) is 0.584. The molecular formula is C13H18ClNO. The maximum Gasteiger partial charge on any atom is 0.119 e. The summed E-state index contributed by atoms with van der Waals surface area (Å²) < 4.78 is 5.38. The van der Waals surface area contributed by atoms with Gasteiger partial charge in [-0.25, -0.2) is 0 Å². The highest BCUT2D eigenvalue weighted by molar-refractivity contribution is 5.85. The summed E-state index contributed by atoms with van der Waals surface area (Å²) in [5, 5.41) is 3.24. The van der Waals surface area contributed by atoms with Crippen LogP contribution in [0.3, 0.4) is 0 Å². The van der Waals surface area contributed by atoms with Gasteiger partial charge in [-0.3, -0.25) is 0 Å². The molecule has 0 aliphatic heterocycles. The second kappa shape index (κ2) is 9.01. The normalized spacial score (nSPS) is 9.00. The summed E-state index contributed by atoms with van der Waals surface area (Å²) in [6.45, 7) is 9.48. The third-order valence-corrected chi connectivity index (χ3v) is 1.91. The van der Waals surface area contributed by atoms with Crippen LogP contribution in [0, 0.1) is 0 Å². The Morgan fingerprint density at radius 3 is 2.38 bits per heavy atom. The van der Waals surface area contributed by atoms with E-state index in [0.29, 0.717) is 6.61 Å². The van der Waals surface area contributed by atoms with Gasteiger partial charge in [-0.1, -0.05) is 30.9 Å². The molecule has 1 N–H and O–H groups in total. The Balaban J connectivity index is 0.00000225. The van der Waals surface area contributed by atoms with E-state index in [9.17, 15) is 0 Å². The van der Waals surface area contributed by atoms with Crippen molar-refractivity contribution >= 4 is 12.4 Å². The van der Waals surface area contributed by atoms with E-state index in [2.05, 4.69) is 30.6 Å². The molecule has 0 heterocycles. The van der Waals surface area contributed by atoms with Crippen molar-refractivity contribution in [2.24, 2.45) is 0 Å². The molecule has 3 heteroatoms. The molecule has 0 atom stereocenters. The zero-order valence-electron chi connectivity index (χ0n) is 9.32. The van der Waals surface area contributed by atoms with Crippen molar-refractivity contribution in [3.63, 3.8) is 0 Å². The minimum atomic E-state index is 0. The van der Waals surface area contributed by atoms with Crippen LogP contribution in [0.25, 0.3) is 0 Å². The summed E-state index contributed by atoms with van der Waals surface area (Å²) in [7, 11) is 0. The van der Waals surface area contributed by atoms with Crippen LogP contribution in [-0.2, 0) is 6.54 Å². The summed E-state index contributed by atoms with van der Waals surface area (Å²) in [6.07, 6.45) is 3.58. The molecule has 0 fully saturated rings. The summed E-state index contributed by atoms with van der Waals surface area (Å²) >= 11 is 0. The Morgan fingerprint density at radius 2 is 1.81 bits per heavy atom. The Hall–Kier alpha value is -1.25. The molecule has 0 amide bonds. The Labute approximate surface area is 103 Å². The second-order valence-corrected chi connectivity index (χ2v) is 3.16. The second-order valence-electron chi connectivity index (χ2n) is 3.16. The van der Waals surface area contributed by atoms with Crippen molar-refractivity contribution in [2.45, 2.75) is 6.54 Å². The zero-order valence-corrected chi connectivity index (χ0v) is 10.1. The smallest absolute Gasteiger partial charge is 0.119 e. The molecular weight excluding hydrogens is 222 g/mol. The van der Waals surface area contributed by atoms with Crippen LogP contribution in [0.2, 0.25) is 0 Å². The molecule has 0 aliphatic carbocycles. The molecule has 1 aromatic rings. The SMILES string of the molecule is C=CCNCc1ccc(OCC=C)cc1.Cl. The van der Waals surface area contributed by atoms with E-state index in [4.69, 9.17) is 4.74 Å². The van der Waals surface area contributed by atoms with Gasteiger partial charge in [0.1, 0.15) is 12.4 Å². The molecule has 0 saturated carbocycles. The third-order valence-electron chi connectivity index (χ3n) is 1.91. The Morgan fingerprint density at radius 1 is 1.12 bits per heavy atom. The van der Waals surface area contributed by atoms with Crippen molar-refractivity contribution in [3.8, 4) is 5.75 Å². The average Bonchev–Trinajstić information content (AvgIpc) is 2.28. The van der Waals surface area contributed by atoms with E-state index < -0.39 is 0 Å². The van der Waals surface area contributed by atoms with Gasteiger partial charge < -0.3 is 10.1 Å². The lowest BCUT2D eigenvalue weighted by atomic mass is 10.2. The van der Waals surface area contributed by atoms with Gasteiger partial charge in [0.25, 0.3) is 0 Å². The predicted octanol–water partition coefficient (Wildman–Crippen LogP) is 2.95. The van der Waals surface area contributed by atoms with Crippen molar-refractivity contribution in [1.82, 2.24) is 5.32 Å². The summed E-state index contributed by atoms with van der Waals surface area (Å²) in [6, 6.07) is 8.03. The van der Waals surface area contributed by atoms with E-state index in [1.165, 1.54) is 5.56 Å². The molecule has 0 spiro atoms. The minimum absolute atomic E-state index is 0. The number of halogens is 1. The maximum absolute atomic E-state index is 5.38. The van der Waals surface area contributed by atoms with Gasteiger partial charge in [0.05, 0.1) is 0 Å². The van der Waals surface area contributed by atoms with E-state index >= 15 is 0 Å². The van der Waals surface area contributed by atoms with Crippen LogP contribution in [0.4, 0.5) is 0 Å². The van der Waals surface area contributed by atoms with Crippen molar-refractivity contribution in [3.05, 3.63) is 55.1 Å². The lowest BCUT2D eigenvalue weighted by Crippen LogP contribution is -2.12. The van der Waals surface area contributed by atoms with Gasteiger partial charge in [0.15, 0.2) is 0 Å². The molecule has 0 radical (unpaired) electrons. The summed E-state index contributed by atoms with van der Waals surface area (Å²) in [4.78, 5) is 0. The fraction of sp³-hybridized carbons (Fsp3) is 0.231. The highest BCUT2D eigenvalue weighted by atomic mass is 35.5. The Bertz CT molecular complexity index is 308. The van der Waals surface area contributed by atoms with Gasteiger partial charge in [-0.05, 0) is 17.7 Å². The molecule has 0 unspecified atom stereocenters. The summed E-state index contributed by atoms with van der Waals surface area (Å²) in [5.74, 6) is 0.877. The van der Waals surface area contributed by atoms with Gasteiger partial charge in [-0.15, -0.1) is 19.0 Å². The third kappa shape index (κ3) is 5.59. The van der Waals surface area contributed by atoms with Crippen molar-refractivity contribution < 1.29 is 4.74 Å². The highest BCUT2D eigenvalue weighted by Crippen LogP contribution is 2.11. The van der Waals surface area contributed by atoms with E-state index in [1.54, 1.807) is 6.08 Å². The number of benzene rings is 1. The first-order valence-electron chi connectivity index (χ1n) is 5.01. The standard InChI is InChI=1S/C13H17NO.ClH/c1-3-9-14-11-12-5-7-13(8-6-12)15-10-4-2;/h3-8,14H,1-2,9-11H2;1H. The van der Waals surface area contributed by atoms with Crippen LogP contribution in [0.5, 0.6) is 5.75 Å². The summed E-state index contributed by atoms with van der Waals surface area (Å²) in [5.41, 5.74) is 1.24. The van der Waals surface area contributed by atoms with E-state index in [-0.39, 0.29) is 12.4 Å². The number of ether oxygens (including phenoxy) is 1. The van der Waals surface area contributed by atoms with Crippen LogP contribution in [0.1, 0.15) is 5.56 Å². The van der Waals surface area contributed by atoms with Crippen molar-refractivity contribution in [2.75, 3.05) is 13.2 Å². The lowest BCUT2D eigenvalue weighted by Gasteiger charge is -2.05. The van der Waals surface area contributed by atoms with Crippen LogP contribution < -0.4 is 10.1 Å². The van der Waals surface area contributed by atoms with Crippen LogP contribution >= 0.6 is 12.4 Å². The molecule has 0 aromatic heterocycles. The highest BCUT2D eigenvalue weighted by Gasteiger charge is 1.93. The van der Waals surface area contributed by atoms with Gasteiger partial charge >= 0.3 is 0 Å². The largest absolute Gasteiger partial charge is 0.490 e. The average molecular weight is 240 g/mol. The van der Waals surface area contributed by atoms with Gasteiger partial charge in [-0.2, -0.15) is 0 Å². The first kappa shape index (κ1) is 14.8. The van der Waals surface area contributed by atoms with Gasteiger partial charge in [0, 0.05) is 13.1 Å². The fourth-order valence-electron chi connectivity index (χ4n) is 1.18. The molecule has 16 heavy (non-hydrogen) atoms. The molecule has 1 aromatic carbocycles. The number of nitrogens with one attached hydrogen (secondary N) is 1. The molecule has 0 bridgehead atoms.